The highest BCUT2D eigenvalue weighted by atomic mass is 35.5. The average Bonchev–Trinajstić information content (AvgIpc) is 3.06. The van der Waals surface area contributed by atoms with Crippen molar-refractivity contribution < 1.29 is 4.79 Å². The molecular weight excluding hydrogens is 379 g/mol. The van der Waals surface area contributed by atoms with Crippen LogP contribution in [0.3, 0.4) is 0 Å². The molecule has 0 radical (unpaired) electrons. The molecule has 2 atom stereocenters. The highest BCUT2D eigenvalue weighted by Crippen LogP contribution is 2.46. The van der Waals surface area contributed by atoms with E-state index >= 15 is 0 Å². The van der Waals surface area contributed by atoms with E-state index < -0.39 is 11.5 Å². The highest BCUT2D eigenvalue weighted by molar-refractivity contribution is 7.12. The van der Waals surface area contributed by atoms with Gasteiger partial charge in [0.25, 0.3) is 0 Å². The smallest absolute Gasteiger partial charge is 0.239 e. The third kappa shape index (κ3) is 2.89. The lowest BCUT2D eigenvalue weighted by molar-refractivity contribution is -0.130. The molecule has 1 aliphatic heterocycles. The molecule has 2 N–H and O–H groups in total. The van der Waals surface area contributed by atoms with E-state index in [0.717, 1.165) is 4.88 Å². The summed E-state index contributed by atoms with van der Waals surface area (Å²) in [6, 6.07) is 10.7. The first kappa shape index (κ1) is 17.7. The molecule has 2 unspecified atom stereocenters. The zero-order valence-corrected chi connectivity index (χ0v) is 15.8. The first-order valence-electron chi connectivity index (χ1n) is 7.36. The first-order valence-corrected chi connectivity index (χ1v) is 8.93. The first-order chi connectivity index (χ1) is 11.8. The molecule has 128 valence electrons. The number of rotatable bonds is 2. The molecule has 5 nitrogen and oxygen atoms in total. The molecule has 2 heterocycles. The van der Waals surface area contributed by atoms with Crippen LogP contribution in [0.15, 0.2) is 35.3 Å². The number of nitriles is 1. The second kappa shape index (κ2) is 6.34. The Morgan fingerprint density at radius 1 is 1.32 bits per heavy atom. The number of likely N-dealkylation sites (N-methyl/N-ethyl adjacent to an activating group) is 1. The molecule has 3 rings (SSSR count). The maximum absolute atomic E-state index is 13.0. The Labute approximate surface area is 159 Å². The van der Waals surface area contributed by atoms with Gasteiger partial charge in [-0.1, -0.05) is 29.3 Å². The Kier molecular flexibility index (Phi) is 4.50. The fourth-order valence-electron chi connectivity index (χ4n) is 2.95. The van der Waals surface area contributed by atoms with Crippen LogP contribution in [-0.4, -0.2) is 23.8 Å². The maximum atomic E-state index is 13.0. The number of halogens is 2. The summed E-state index contributed by atoms with van der Waals surface area (Å²) < 4.78 is 0. The van der Waals surface area contributed by atoms with Crippen molar-refractivity contribution in [3.63, 3.8) is 0 Å². The molecule has 1 aromatic carbocycles. The minimum atomic E-state index is -0.940. The summed E-state index contributed by atoms with van der Waals surface area (Å²) in [5.41, 5.74) is 5.71. The Balaban J connectivity index is 2.22. The van der Waals surface area contributed by atoms with Gasteiger partial charge in [0, 0.05) is 11.9 Å². The molecule has 0 saturated heterocycles. The SMILES string of the molecule is CN1C(=O)C(c2ccc(Cl)c(Cl)c2)C(C)(c2ccc(C#N)s2)N=C1N. The van der Waals surface area contributed by atoms with E-state index in [0.29, 0.717) is 20.5 Å². The summed E-state index contributed by atoms with van der Waals surface area (Å²) in [6.45, 7) is 1.84. The second-order valence-corrected chi connectivity index (χ2v) is 7.80. The lowest BCUT2D eigenvalue weighted by Gasteiger charge is -2.40. The summed E-state index contributed by atoms with van der Waals surface area (Å²) in [7, 11) is 1.58. The van der Waals surface area contributed by atoms with Gasteiger partial charge in [-0.3, -0.25) is 9.69 Å². The molecule has 0 saturated carbocycles. The number of hydrogen-bond donors (Lipinski definition) is 1. The predicted molar refractivity (Wildman–Crippen MR) is 100.0 cm³/mol. The summed E-state index contributed by atoms with van der Waals surface area (Å²) in [6.07, 6.45) is 0. The van der Waals surface area contributed by atoms with Crippen LogP contribution in [-0.2, 0) is 10.3 Å². The van der Waals surface area contributed by atoms with Crippen LogP contribution in [0.2, 0.25) is 10.0 Å². The number of nitrogens with two attached hydrogens (primary N) is 1. The minimum absolute atomic E-state index is 0.135. The Morgan fingerprint density at radius 2 is 2.04 bits per heavy atom. The number of nitrogens with zero attached hydrogens (tertiary/aromatic N) is 3. The Bertz CT molecular complexity index is 933. The molecule has 0 aliphatic carbocycles. The van der Waals surface area contributed by atoms with Crippen molar-refractivity contribution >= 4 is 46.4 Å². The van der Waals surface area contributed by atoms with Gasteiger partial charge in [0.05, 0.1) is 16.0 Å². The predicted octanol–water partition coefficient (Wildman–Crippen LogP) is 3.71. The number of carbonyl (C=O) groups excluding carboxylic acids is 1. The third-order valence-corrected chi connectivity index (χ3v) is 6.28. The standard InChI is InChI=1S/C17H14Cl2N4OS/c1-17(13-6-4-10(8-20)25-13)14(15(24)23(2)16(21)22-17)9-3-5-11(18)12(19)7-9/h3-7,14H,1-2H3,(H2,21,22). The van der Waals surface area contributed by atoms with Crippen LogP contribution >= 0.6 is 34.5 Å². The second-order valence-electron chi connectivity index (χ2n) is 5.90. The van der Waals surface area contributed by atoms with Crippen molar-refractivity contribution in [2.45, 2.75) is 18.4 Å². The lowest BCUT2D eigenvalue weighted by Crippen LogP contribution is -2.52. The van der Waals surface area contributed by atoms with Gasteiger partial charge in [-0.2, -0.15) is 5.26 Å². The number of thiophene rings is 1. The summed E-state index contributed by atoms with van der Waals surface area (Å²) in [5.74, 6) is -0.694. The van der Waals surface area contributed by atoms with Gasteiger partial charge in [0.2, 0.25) is 5.91 Å². The maximum Gasteiger partial charge on any atom is 0.239 e. The van der Waals surface area contributed by atoms with Gasteiger partial charge in [-0.15, -0.1) is 11.3 Å². The van der Waals surface area contributed by atoms with Gasteiger partial charge in [0.15, 0.2) is 5.96 Å². The molecule has 1 aliphatic rings. The third-order valence-electron chi connectivity index (χ3n) is 4.32. The van der Waals surface area contributed by atoms with Crippen molar-refractivity contribution in [3.8, 4) is 6.07 Å². The quantitative estimate of drug-likeness (QED) is 0.844. The highest BCUT2D eigenvalue weighted by Gasteiger charge is 2.48. The zero-order valence-electron chi connectivity index (χ0n) is 13.5. The average molecular weight is 393 g/mol. The number of benzene rings is 1. The van der Waals surface area contributed by atoms with Gasteiger partial charge >= 0.3 is 0 Å². The molecule has 2 aromatic rings. The largest absolute Gasteiger partial charge is 0.369 e. The van der Waals surface area contributed by atoms with E-state index in [1.807, 2.05) is 13.0 Å². The monoisotopic (exact) mass is 392 g/mol. The van der Waals surface area contributed by atoms with Gasteiger partial charge in [0.1, 0.15) is 16.5 Å². The molecule has 25 heavy (non-hydrogen) atoms. The summed E-state index contributed by atoms with van der Waals surface area (Å²) in [4.78, 5) is 20.3. The Hall–Kier alpha value is -2.07. The van der Waals surface area contributed by atoms with Crippen LogP contribution in [0.5, 0.6) is 0 Å². The Morgan fingerprint density at radius 3 is 2.64 bits per heavy atom. The number of guanidine groups is 1. The number of aliphatic imine (C=N–C) groups is 1. The molecule has 0 spiro atoms. The van der Waals surface area contributed by atoms with E-state index in [2.05, 4.69) is 11.1 Å². The summed E-state index contributed by atoms with van der Waals surface area (Å²) >= 11 is 13.5. The van der Waals surface area contributed by atoms with E-state index in [1.54, 1.807) is 31.3 Å². The fourth-order valence-corrected chi connectivity index (χ4v) is 4.18. The molecule has 1 amide bonds. The van der Waals surface area contributed by atoms with Gasteiger partial charge in [-0.05, 0) is 36.8 Å². The molecular formula is C17H14Cl2N4OS. The van der Waals surface area contributed by atoms with Crippen molar-refractivity contribution in [3.05, 3.63) is 55.7 Å². The normalized spacial score (nSPS) is 23.3. The van der Waals surface area contributed by atoms with Crippen LogP contribution < -0.4 is 5.73 Å². The molecule has 1 aromatic heterocycles. The molecule has 8 heteroatoms. The van der Waals surface area contributed by atoms with E-state index in [9.17, 15) is 4.79 Å². The van der Waals surface area contributed by atoms with E-state index in [1.165, 1.54) is 16.2 Å². The lowest BCUT2D eigenvalue weighted by atomic mass is 9.78. The van der Waals surface area contributed by atoms with Crippen LogP contribution in [0.4, 0.5) is 0 Å². The number of amides is 1. The molecule has 0 fully saturated rings. The number of hydrogen-bond acceptors (Lipinski definition) is 5. The molecule has 0 bridgehead atoms. The fraction of sp³-hybridized carbons (Fsp3) is 0.235. The van der Waals surface area contributed by atoms with Crippen LogP contribution in [0.25, 0.3) is 0 Å². The number of carbonyl (C=O) groups is 1. The van der Waals surface area contributed by atoms with Crippen LogP contribution in [0.1, 0.15) is 28.2 Å². The topological polar surface area (TPSA) is 82.5 Å². The zero-order chi connectivity index (χ0) is 18.4. The van der Waals surface area contributed by atoms with Gasteiger partial charge < -0.3 is 5.73 Å². The van der Waals surface area contributed by atoms with E-state index in [-0.39, 0.29) is 11.9 Å². The van der Waals surface area contributed by atoms with Gasteiger partial charge in [-0.25, -0.2) is 4.99 Å². The van der Waals surface area contributed by atoms with Crippen LogP contribution in [0, 0.1) is 11.3 Å². The van der Waals surface area contributed by atoms with E-state index in [4.69, 9.17) is 34.2 Å². The van der Waals surface area contributed by atoms with Crippen molar-refractivity contribution in [1.82, 2.24) is 4.90 Å². The summed E-state index contributed by atoms with van der Waals surface area (Å²) in [5, 5.41) is 9.90. The van der Waals surface area contributed by atoms with Crippen molar-refractivity contribution in [2.75, 3.05) is 7.05 Å². The minimum Gasteiger partial charge on any atom is -0.369 e. The van der Waals surface area contributed by atoms with Crippen molar-refractivity contribution in [2.24, 2.45) is 10.7 Å². The van der Waals surface area contributed by atoms with Crippen molar-refractivity contribution in [1.29, 1.82) is 5.26 Å².